The van der Waals surface area contributed by atoms with E-state index in [2.05, 4.69) is 34.3 Å². The van der Waals surface area contributed by atoms with Gasteiger partial charge in [-0.3, -0.25) is 4.90 Å². The van der Waals surface area contributed by atoms with Gasteiger partial charge in [0.15, 0.2) is 0 Å². The van der Waals surface area contributed by atoms with E-state index in [1.54, 1.807) is 11.3 Å². The molecule has 0 aliphatic heterocycles. The molecule has 4 nitrogen and oxygen atoms in total. The number of aromatic nitrogens is 2. The zero-order valence-electron chi connectivity index (χ0n) is 11.5. The summed E-state index contributed by atoms with van der Waals surface area (Å²) in [6, 6.07) is 0. The summed E-state index contributed by atoms with van der Waals surface area (Å²) in [4.78, 5) is 2.53. The van der Waals surface area contributed by atoms with Crippen molar-refractivity contribution in [3.8, 4) is 0 Å². The van der Waals surface area contributed by atoms with Gasteiger partial charge in [0.1, 0.15) is 5.01 Å². The van der Waals surface area contributed by atoms with E-state index in [1.165, 1.54) is 32.4 Å². The third kappa shape index (κ3) is 4.53. The number of rotatable bonds is 9. The second kappa shape index (κ2) is 7.04. The van der Waals surface area contributed by atoms with Crippen LogP contribution in [0.5, 0.6) is 0 Å². The highest BCUT2D eigenvalue weighted by molar-refractivity contribution is 7.15. The Morgan fingerprint density at radius 3 is 2.78 bits per heavy atom. The first-order valence-corrected chi connectivity index (χ1v) is 7.92. The molecule has 1 aliphatic carbocycles. The topological polar surface area (TPSA) is 41.1 Å². The van der Waals surface area contributed by atoms with Gasteiger partial charge in [-0.2, -0.15) is 0 Å². The van der Waals surface area contributed by atoms with Crippen LogP contribution in [0, 0.1) is 5.92 Å². The lowest BCUT2D eigenvalue weighted by molar-refractivity contribution is 0.254. The maximum atomic E-state index is 4.28. The third-order valence-electron chi connectivity index (χ3n) is 3.11. The van der Waals surface area contributed by atoms with Crippen LogP contribution in [0.2, 0.25) is 0 Å². The molecular weight excluding hydrogens is 244 g/mol. The molecule has 0 saturated heterocycles. The van der Waals surface area contributed by atoms with Crippen LogP contribution in [-0.4, -0.2) is 34.7 Å². The van der Waals surface area contributed by atoms with Gasteiger partial charge < -0.3 is 5.32 Å². The van der Waals surface area contributed by atoms with Crippen molar-refractivity contribution >= 4 is 16.5 Å². The van der Waals surface area contributed by atoms with Gasteiger partial charge in [0.05, 0.1) is 6.54 Å². The average molecular weight is 268 g/mol. The van der Waals surface area contributed by atoms with E-state index in [0.717, 1.165) is 35.6 Å². The molecule has 0 spiro atoms. The molecule has 1 heterocycles. The molecule has 1 fully saturated rings. The first-order valence-electron chi connectivity index (χ1n) is 7.10. The fraction of sp³-hybridized carbons (Fsp3) is 0.846. The van der Waals surface area contributed by atoms with Gasteiger partial charge in [-0.25, -0.2) is 0 Å². The fourth-order valence-corrected chi connectivity index (χ4v) is 2.84. The Morgan fingerprint density at radius 1 is 1.28 bits per heavy atom. The molecule has 102 valence electrons. The Hall–Kier alpha value is -0.680. The molecule has 0 unspecified atom stereocenters. The van der Waals surface area contributed by atoms with Crippen molar-refractivity contribution in [2.75, 3.05) is 25.0 Å². The average Bonchev–Trinajstić information content (AvgIpc) is 3.05. The Bertz CT molecular complexity index is 349. The lowest BCUT2D eigenvalue weighted by Gasteiger charge is -2.19. The molecule has 0 bridgehead atoms. The van der Waals surface area contributed by atoms with Gasteiger partial charge in [-0.05, 0) is 38.1 Å². The summed E-state index contributed by atoms with van der Waals surface area (Å²) in [6.07, 6.45) is 5.17. The van der Waals surface area contributed by atoms with Crippen LogP contribution in [-0.2, 0) is 6.54 Å². The molecule has 5 heteroatoms. The van der Waals surface area contributed by atoms with Crippen molar-refractivity contribution in [1.29, 1.82) is 0 Å². The molecule has 0 atom stereocenters. The lowest BCUT2D eigenvalue weighted by Crippen LogP contribution is -2.26. The van der Waals surface area contributed by atoms with E-state index in [-0.39, 0.29) is 0 Å². The van der Waals surface area contributed by atoms with E-state index in [4.69, 9.17) is 0 Å². The number of nitrogens with zero attached hydrogens (tertiary/aromatic N) is 3. The summed E-state index contributed by atoms with van der Waals surface area (Å²) in [6.45, 7) is 8.77. The summed E-state index contributed by atoms with van der Waals surface area (Å²) in [5, 5.41) is 13.9. The lowest BCUT2D eigenvalue weighted by atomic mass is 10.3. The molecular formula is C13H24N4S. The Balaban J connectivity index is 1.82. The minimum atomic E-state index is 0.946. The zero-order chi connectivity index (χ0) is 12.8. The van der Waals surface area contributed by atoms with Crippen molar-refractivity contribution in [2.24, 2.45) is 5.92 Å². The summed E-state index contributed by atoms with van der Waals surface area (Å²) < 4.78 is 0. The highest BCUT2D eigenvalue weighted by Gasteiger charge is 2.24. The number of hydrogen-bond acceptors (Lipinski definition) is 5. The zero-order valence-corrected chi connectivity index (χ0v) is 12.3. The largest absolute Gasteiger partial charge is 0.360 e. The van der Waals surface area contributed by atoms with Crippen LogP contribution >= 0.6 is 11.3 Å². The summed E-state index contributed by atoms with van der Waals surface area (Å²) in [5.74, 6) is 0.946. The van der Waals surface area contributed by atoms with Crippen LogP contribution in [0.3, 0.4) is 0 Å². The van der Waals surface area contributed by atoms with Crippen LogP contribution in [0.25, 0.3) is 0 Å². The smallest absolute Gasteiger partial charge is 0.205 e. The third-order valence-corrected chi connectivity index (χ3v) is 3.97. The van der Waals surface area contributed by atoms with E-state index < -0.39 is 0 Å². The molecule has 1 aliphatic rings. The van der Waals surface area contributed by atoms with Gasteiger partial charge in [0, 0.05) is 13.1 Å². The van der Waals surface area contributed by atoms with Gasteiger partial charge in [0.2, 0.25) is 5.13 Å². The maximum Gasteiger partial charge on any atom is 0.205 e. The van der Waals surface area contributed by atoms with Gasteiger partial charge >= 0.3 is 0 Å². The van der Waals surface area contributed by atoms with E-state index >= 15 is 0 Å². The van der Waals surface area contributed by atoms with Crippen LogP contribution in [0.1, 0.15) is 44.5 Å². The fourth-order valence-electron chi connectivity index (χ4n) is 2.03. The quantitative estimate of drug-likeness (QED) is 0.747. The van der Waals surface area contributed by atoms with Crippen LogP contribution in [0.4, 0.5) is 5.13 Å². The minimum absolute atomic E-state index is 0.946. The van der Waals surface area contributed by atoms with Crippen LogP contribution in [0.15, 0.2) is 0 Å². The first kappa shape index (κ1) is 13.7. The summed E-state index contributed by atoms with van der Waals surface area (Å²) >= 11 is 1.70. The summed E-state index contributed by atoms with van der Waals surface area (Å²) in [7, 11) is 0. The number of hydrogen-bond donors (Lipinski definition) is 1. The molecule has 1 N–H and O–H groups in total. The molecule has 0 amide bonds. The molecule has 0 radical (unpaired) electrons. The van der Waals surface area contributed by atoms with Crippen molar-refractivity contribution in [3.63, 3.8) is 0 Å². The Kier molecular flexibility index (Phi) is 5.38. The first-order chi connectivity index (χ1) is 8.81. The van der Waals surface area contributed by atoms with Gasteiger partial charge in [0.25, 0.3) is 0 Å². The van der Waals surface area contributed by atoms with E-state index in [0.29, 0.717) is 0 Å². The SMILES string of the molecule is CCCNc1nnc(CN(CCC)CC2CC2)s1. The highest BCUT2D eigenvalue weighted by Crippen LogP contribution is 2.30. The highest BCUT2D eigenvalue weighted by atomic mass is 32.1. The normalized spacial score (nSPS) is 15.3. The molecule has 18 heavy (non-hydrogen) atoms. The van der Waals surface area contributed by atoms with Crippen molar-refractivity contribution in [3.05, 3.63) is 5.01 Å². The predicted molar refractivity (Wildman–Crippen MR) is 77.0 cm³/mol. The Morgan fingerprint density at radius 2 is 2.11 bits per heavy atom. The predicted octanol–water partition coefficient (Wildman–Crippen LogP) is 2.98. The number of anilines is 1. The Labute approximate surface area is 114 Å². The van der Waals surface area contributed by atoms with Gasteiger partial charge in [-0.1, -0.05) is 25.2 Å². The number of nitrogens with one attached hydrogen (secondary N) is 1. The monoisotopic (exact) mass is 268 g/mol. The van der Waals surface area contributed by atoms with Crippen molar-refractivity contribution in [2.45, 2.75) is 46.1 Å². The minimum Gasteiger partial charge on any atom is -0.360 e. The molecule has 1 aromatic heterocycles. The van der Waals surface area contributed by atoms with Crippen LogP contribution < -0.4 is 5.32 Å². The van der Waals surface area contributed by atoms with Crippen molar-refractivity contribution < 1.29 is 0 Å². The molecule has 1 aromatic rings. The molecule has 2 rings (SSSR count). The van der Waals surface area contributed by atoms with Crippen molar-refractivity contribution in [1.82, 2.24) is 15.1 Å². The summed E-state index contributed by atoms with van der Waals surface area (Å²) in [5.41, 5.74) is 0. The van der Waals surface area contributed by atoms with E-state index in [9.17, 15) is 0 Å². The second-order valence-electron chi connectivity index (χ2n) is 5.11. The van der Waals surface area contributed by atoms with E-state index in [1.807, 2.05) is 0 Å². The van der Waals surface area contributed by atoms with Gasteiger partial charge in [-0.15, -0.1) is 10.2 Å². The standard InChI is InChI=1S/C13H24N4S/c1-3-7-14-13-16-15-12(18-13)10-17(8-4-2)9-11-5-6-11/h11H,3-10H2,1-2H3,(H,14,16). The molecule has 1 saturated carbocycles. The second-order valence-corrected chi connectivity index (χ2v) is 6.17. The molecule has 0 aromatic carbocycles. The maximum absolute atomic E-state index is 4.28.